The zero-order chi connectivity index (χ0) is 21.9. The van der Waals surface area contributed by atoms with Crippen LogP contribution >= 0.6 is 27.5 Å². The van der Waals surface area contributed by atoms with E-state index in [0.717, 1.165) is 13.0 Å². The third kappa shape index (κ3) is 5.05. The van der Waals surface area contributed by atoms with Crippen molar-refractivity contribution in [3.63, 3.8) is 0 Å². The Labute approximate surface area is 180 Å². The maximum Gasteiger partial charge on any atom is 0.237 e. The van der Waals surface area contributed by atoms with E-state index in [1.54, 1.807) is 14.1 Å². The minimum Gasteiger partial charge on any atom is -0.455 e. The Balaban J connectivity index is 2.37. The van der Waals surface area contributed by atoms with Crippen molar-refractivity contribution in [3.8, 4) is 5.75 Å². The maximum atomic E-state index is 14.0. The van der Waals surface area contributed by atoms with Crippen LogP contribution in [0.15, 0.2) is 32.9 Å². The predicted octanol–water partition coefficient (Wildman–Crippen LogP) is 3.51. The Hall–Kier alpha value is -2.20. The van der Waals surface area contributed by atoms with Crippen molar-refractivity contribution >= 4 is 51.8 Å². The van der Waals surface area contributed by atoms with Crippen LogP contribution in [0, 0.1) is 17.7 Å². The second-order valence-electron chi connectivity index (χ2n) is 6.37. The van der Waals surface area contributed by atoms with Crippen LogP contribution in [-0.2, 0) is 9.59 Å². The van der Waals surface area contributed by atoms with Crippen molar-refractivity contribution in [2.45, 2.75) is 13.3 Å². The van der Waals surface area contributed by atoms with Crippen molar-refractivity contribution in [3.05, 3.63) is 33.7 Å². The summed E-state index contributed by atoms with van der Waals surface area (Å²) in [6.07, 6.45) is -1.80. The molecule has 2 amide bonds. The average molecular weight is 494 g/mol. The number of para-hydroxylation sites is 1. The van der Waals surface area contributed by atoms with Gasteiger partial charge in [-0.3, -0.25) is 14.6 Å². The molecule has 1 N–H and O–H groups in total. The van der Waals surface area contributed by atoms with Crippen LogP contribution in [0.2, 0.25) is 0 Å². The molecule has 1 heterocycles. The minimum atomic E-state index is -1.80. The van der Waals surface area contributed by atoms with Crippen LogP contribution < -0.4 is 10.1 Å². The molecule has 1 aromatic carbocycles. The van der Waals surface area contributed by atoms with E-state index in [2.05, 4.69) is 33.1 Å². The lowest BCUT2D eigenvalue weighted by Gasteiger charge is -2.21. The molecule has 0 aromatic heterocycles. The van der Waals surface area contributed by atoms with Gasteiger partial charge < -0.3 is 15.0 Å². The summed E-state index contributed by atoms with van der Waals surface area (Å²) in [5, 5.41) is 7.58. The van der Waals surface area contributed by atoms with E-state index in [-0.39, 0.29) is 17.4 Å². The topological polar surface area (TPSA) is 74.2 Å². The number of carbonyl (C=O) groups is 2. The molecule has 0 aliphatic carbocycles. The first kappa shape index (κ1) is 23.1. The number of rotatable bonds is 7. The summed E-state index contributed by atoms with van der Waals surface area (Å²) in [5.74, 6) is -4.22. The molecule has 1 fully saturated rings. The van der Waals surface area contributed by atoms with E-state index < -0.39 is 41.6 Å². The van der Waals surface area contributed by atoms with Crippen LogP contribution in [0.4, 0.5) is 14.5 Å². The highest BCUT2D eigenvalue weighted by atomic mass is 79.9. The average Bonchev–Trinajstić information content (AvgIpc) is 2.97. The quantitative estimate of drug-likeness (QED) is 0.273. The fourth-order valence-corrected chi connectivity index (χ4v) is 3.75. The number of hydrazone groups is 1. The van der Waals surface area contributed by atoms with Gasteiger partial charge in [0.05, 0.1) is 5.69 Å². The molecule has 29 heavy (non-hydrogen) atoms. The Kier molecular flexibility index (Phi) is 7.59. The van der Waals surface area contributed by atoms with Gasteiger partial charge in [0, 0.05) is 44.7 Å². The number of likely N-dealkylation sites (tertiary alicyclic amines) is 1. The number of nitrogens with one attached hydrogen (secondary N) is 1. The second kappa shape index (κ2) is 9.53. The Morgan fingerprint density at radius 2 is 2.21 bits per heavy atom. The number of alkyl halides is 1. The second-order valence-corrected chi connectivity index (χ2v) is 7.59. The van der Waals surface area contributed by atoms with Crippen molar-refractivity contribution in [2.75, 3.05) is 26.0 Å². The highest BCUT2D eigenvalue weighted by Gasteiger charge is 2.46. The molecule has 1 aromatic rings. The number of benzene rings is 1. The monoisotopic (exact) mass is 492 g/mol. The van der Waals surface area contributed by atoms with Gasteiger partial charge in [0.2, 0.25) is 18.2 Å². The summed E-state index contributed by atoms with van der Waals surface area (Å²) >= 11 is 9.59. The van der Waals surface area contributed by atoms with Crippen LogP contribution in [0.5, 0.6) is 5.75 Å². The molecule has 3 atom stereocenters. The van der Waals surface area contributed by atoms with Gasteiger partial charge in [0.1, 0.15) is 11.1 Å². The number of hydrogen-bond donors (Lipinski definition) is 1. The number of halogens is 4. The molecule has 1 aliphatic heterocycles. The highest BCUT2D eigenvalue weighted by Crippen LogP contribution is 2.38. The SMILES string of the molecule is C=NN(C)/C(Cl)=C(\Br)[C@H]1CN(C)C(=O)[C@@H]1C(=O)Nc1cccc(F)c1OC(C)F. The Morgan fingerprint density at radius 3 is 2.79 bits per heavy atom. The van der Waals surface area contributed by atoms with Crippen molar-refractivity contribution < 1.29 is 23.1 Å². The molecule has 0 bridgehead atoms. The standard InChI is InChI=1S/C18H20BrClF2N4O3/c1-9(21)29-15-11(22)6-5-7-12(15)24-17(27)13-10(8-25(3)18(13)28)14(19)16(20)26(4)23-2/h5-7,9-10,13H,2,8H2,1,3-4H3,(H,24,27)/b16-14-/t9?,10-,13-/m0/s1. The Bertz CT molecular complexity index is 852. The summed E-state index contributed by atoms with van der Waals surface area (Å²) in [6.45, 7) is 4.67. The summed E-state index contributed by atoms with van der Waals surface area (Å²) in [5.41, 5.74) is -0.0864. The molecule has 0 saturated carbocycles. The van der Waals surface area contributed by atoms with E-state index in [4.69, 9.17) is 16.3 Å². The van der Waals surface area contributed by atoms with Crippen molar-refractivity contribution in [1.29, 1.82) is 0 Å². The number of ether oxygens (including phenoxy) is 1. The number of anilines is 1. The summed E-state index contributed by atoms with van der Waals surface area (Å²) in [4.78, 5) is 26.9. The number of nitrogens with zero attached hydrogens (tertiary/aromatic N) is 3. The van der Waals surface area contributed by atoms with Crippen molar-refractivity contribution in [1.82, 2.24) is 9.91 Å². The number of amides is 2. The Morgan fingerprint density at radius 1 is 1.55 bits per heavy atom. The maximum absolute atomic E-state index is 14.0. The van der Waals surface area contributed by atoms with Gasteiger partial charge in [-0.05, 0) is 12.1 Å². The summed E-state index contributed by atoms with van der Waals surface area (Å²) in [6, 6.07) is 3.75. The van der Waals surface area contributed by atoms with Crippen LogP contribution in [0.1, 0.15) is 6.92 Å². The van der Waals surface area contributed by atoms with Gasteiger partial charge in [0.25, 0.3) is 0 Å². The first-order chi connectivity index (χ1) is 13.6. The normalized spacial score (nSPS) is 20.8. The van der Waals surface area contributed by atoms with Crippen molar-refractivity contribution in [2.24, 2.45) is 16.9 Å². The highest BCUT2D eigenvalue weighted by molar-refractivity contribution is 9.11. The fraction of sp³-hybridized carbons (Fsp3) is 0.389. The number of carbonyl (C=O) groups excluding carboxylic acids is 2. The minimum absolute atomic E-state index is 0.0864. The first-order valence-electron chi connectivity index (χ1n) is 8.49. The van der Waals surface area contributed by atoms with Crippen LogP contribution in [-0.4, -0.2) is 55.4 Å². The summed E-state index contributed by atoms with van der Waals surface area (Å²) in [7, 11) is 3.11. The summed E-state index contributed by atoms with van der Waals surface area (Å²) < 4.78 is 32.5. The lowest BCUT2D eigenvalue weighted by atomic mass is 9.94. The molecular weight excluding hydrogens is 474 g/mol. The van der Waals surface area contributed by atoms with Gasteiger partial charge in [-0.1, -0.05) is 33.6 Å². The molecule has 1 aliphatic rings. The van der Waals surface area contributed by atoms with E-state index in [1.165, 1.54) is 22.0 Å². The van der Waals surface area contributed by atoms with E-state index in [9.17, 15) is 18.4 Å². The van der Waals surface area contributed by atoms with Crippen LogP contribution in [0.25, 0.3) is 0 Å². The first-order valence-corrected chi connectivity index (χ1v) is 9.66. The third-order valence-corrected chi connectivity index (χ3v) is 5.96. The van der Waals surface area contributed by atoms with E-state index in [1.807, 2.05) is 0 Å². The fourth-order valence-electron chi connectivity index (χ4n) is 2.89. The van der Waals surface area contributed by atoms with Gasteiger partial charge in [0.15, 0.2) is 11.6 Å². The van der Waals surface area contributed by atoms with Crippen LogP contribution in [0.3, 0.4) is 0 Å². The molecule has 158 valence electrons. The van der Waals surface area contributed by atoms with E-state index >= 15 is 0 Å². The molecule has 0 spiro atoms. The molecule has 1 unspecified atom stereocenters. The zero-order valence-corrected chi connectivity index (χ0v) is 18.3. The third-order valence-electron chi connectivity index (χ3n) is 4.32. The molecule has 11 heteroatoms. The molecule has 2 rings (SSSR count). The number of hydrogen-bond acceptors (Lipinski definition) is 5. The molecule has 1 saturated heterocycles. The van der Waals surface area contributed by atoms with Gasteiger partial charge in [-0.2, -0.15) is 5.10 Å². The largest absolute Gasteiger partial charge is 0.455 e. The van der Waals surface area contributed by atoms with Gasteiger partial charge >= 0.3 is 0 Å². The lowest BCUT2D eigenvalue weighted by Crippen LogP contribution is -2.33. The predicted molar refractivity (Wildman–Crippen MR) is 110 cm³/mol. The van der Waals surface area contributed by atoms with Gasteiger partial charge in [-0.25, -0.2) is 8.78 Å². The smallest absolute Gasteiger partial charge is 0.237 e. The lowest BCUT2D eigenvalue weighted by molar-refractivity contribution is -0.135. The zero-order valence-electron chi connectivity index (χ0n) is 16.0. The van der Waals surface area contributed by atoms with E-state index in [0.29, 0.717) is 4.48 Å². The molecule has 7 nitrogen and oxygen atoms in total. The van der Waals surface area contributed by atoms with Gasteiger partial charge in [-0.15, -0.1) is 0 Å². The molecular formula is C18H20BrClF2N4O3. The molecule has 0 radical (unpaired) electrons.